The van der Waals surface area contributed by atoms with E-state index in [9.17, 15) is 13.2 Å². The average molecular weight is 304 g/mol. The van der Waals surface area contributed by atoms with Gasteiger partial charge in [-0.25, -0.2) is 0 Å². The van der Waals surface area contributed by atoms with Crippen LogP contribution in [-0.2, 0) is 15.0 Å². The molecule has 7 heteroatoms. The maximum absolute atomic E-state index is 12.3. The summed E-state index contributed by atoms with van der Waals surface area (Å²) in [4.78, 5) is 10.9. The Balaban J connectivity index is 1.86. The van der Waals surface area contributed by atoms with E-state index in [1.807, 2.05) is 6.92 Å². The summed E-state index contributed by atoms with van der Waals surface area (Å²) in [6, 6.07) is -0.121. The summed E-state index contributed by atoms with van der Waals surface area (Å²) in [5.74, 6) is -0.561. The van der Waals surface area contributed by atoms with Crippen molar-refractivity contribution in [3.8, 4) is 0 Å². The minimum atomic E-state index is -3.43. The van der Waals surface area contributed by atoms with Gasteiger partial charge >= 0.3 is 5.97 Å². The van der Waals surface area contributed by atoms with Gasteiger partial charge in [-0.2, -0.15) is 17.4 Å². The molecule has 116 valence electrons. The summed E-state index contributed by atoms with van der Waals surface area (Å²) >= 11 is 0. The molecule has 2 fully saturated rings. The quantitative estimate of drug-likeness (QED) is 0.740. The summed E-state index contributed by atoms with van der Waals surface area (Å²) < 4.78 is 28.9. The topological polar surface area (TPSA) is 86.7 Å². The van der Waals surface area contributed by atoms with Crippen LogP contribution in [0.2, 0.25) is 0 Å². The van der Waals surface area contributed by atoms with Crippen LogP contribution in [0.15, 0.2) is 0 Å². The standard InChI is InChI=1S/C13H24N2O4S/c1-2-15(9-10-3-4-10)20(18,19)14-12-7-5-11(6-8-12)13(16)17/h10-12,14H,2-9H2,1H3,(H,16,17). The molecule has 6 nitrogen and oxygen atoms in total. The van der Waals surface area contributed by atoms with Crippen LogP contribution >= 0.6 is 0 Å². The van der Waals surface area contributed by atoms with Crippen molar-refractivity contribution in [2.75, 3.05) is 13.1 Å². The van der Waals surface area contributed by atoms with Crippen molar-refractivity contribution >= 4 is 16.2 Å². The van der Waals surface area contributed by atoms with Crippen molar-refractivity contribution in [3.05, 3.63) is 0 Å². The monoisotopic (exact) mass is 304 g/mol. The fourth-order valence-electron chi connectivity index (χ4n) is 2.73. The van der Waals surface area contributed by atoms with E-state index in [1.165, 1.54) is 4.31 Å². The molecule has 0 radical (unpaired) electrons. The second kappa shape index (κ2) is 6.41. The minimum absolute atomic E-state index is 0.121. The van der Waals surface area contributed by atoms with Crippen molar-refractivity contribution in [2.45, 2.75) is 51.5 Å². The number of hydrogen-bond donors (Lipinski definition) is 2. The molecule has 0 spiro atoms. The molecule has 0 unspecified atom stereocenters. The molecule has 0 saturated heterocycles. The van der Waals surface area contributed by atoms with E-state index >= 15 is 0 Å². The predicted octanol–water partition coefficient (Wildman–Crippen LogP) is 1.20. The highest BCUT2D eigenvalue weighted by atomic mass is 32.2. The van der Waals surface area contributed by atoms with E-state index in [0.29, 0.717) is 44.7 Å². The van der Waals surface area contributed by atoms with Gasteiger partial charge in [-0.15, -0.1) is 0 Å². The van der Waals surface area contributed by atoms with Crippen LogP contribution in [0.4, 0.5) is 0 Å². The summed E-state index contributed by atoms with van der Waals surface area (Å²) in [5.41, 5.74) is 0. The molecule has 2 rings (SSSR count). The Labute approximate surface area is 120 Å². The predicted molar refractivity (Wildman–Crippen MR) is 75.4 cm³/mol. The van der Waals surface area contributed by atoms with Gasteiger partial charge in [0.25, 0.3) is 10.2 Å². The minimum Gasteiger partial charge on any atom is -0.481 e. The smallest absolute Gasteiger partial charge is 0.306 e. The molecule has 2 aliphatic rings. The molecule has 0 aromatic rings. The second-order valence-corrected chi connectivity index (χ2v) is 7.61. The average Bonchev–Trinajstić information content (AvgIpc) is 3.19. The van der Waals surface area contributed by atoms with E-state index in [4.69, 9.17) is 5.11 Å². The fraction of sp³-hybridized carbons (Fsp3) is 0.923. The zero-order valence-electron chi connectivity index (χ0n) is 11.9. The van der Waals surface area contributed by atoms with E-state index in [0.717, 1.165) is 12.8 Å². The van der Waals surface area contributed by atoms with Crippen LogP contribution < -0.4 is 4.72 Å². The van der Waals surface area contributed by atoms with Crippen LogP contribution in [0, 0.1) is 11.8 Å². The SMILES string of the molecule is CCN(CC1CC1)S(=O)(=O)NC1CCC(C(=O)O)CC1. The van der Waals surface area contributed by atoms with E-state index in [1.54, 1.807) is 0 Å². The maximum Gasteiger partial charge on any atom is 0.306 e. The first kappa shape index (κ1) is 15.7. The molecule has 2 saturated carbocycles. The lowest BCUT2D eigenvalue weighted by atomic mass is 9.87. The lowest BCUT2D eigenvalue weighted by Crippen LogP contribution is -2.47. The van der Waals surface area contributed by atoms with Crippen LogP contribution in [0.25, 0.3) is 0 Å². The van der Waals surface area contributed by atoms with Gasteiger partial charge in [0.1, 0.15) is 0 Å². The Bertz CT molecular complexity index is 439. The van der Waals surface area contributed by atoms with Gasteiger partial charge in [-0.3, -0.25) is 4.79 Å². The molecule has 0 heterocycles. The molecular weight excluding hydrogens is 280 g/mol. The molecule has 0 amide bonds. The van der Waals surface area contributed by atoms with Gasteiger partial charge in [-0.1, -0.05) is 6.92 Å². The van der Waals surface area contributed by atoms with Crippen LogP contribution in [0.1, 0.15) is 45.4 Å². The Morgan fingerprint density at radius 1 is 1.20 bits per heavy atom. The summed E-state index contributed by atoms with van der Waals surface area (Å²) in [6.45, 7) is 2.94. The van der Waals surface area contributed by atoms with Crippen molar-refractivity contribution in [2.24, 2.45) is 11.8 Å². The van der Waals surface area contributed by atoms with Gasteiger partial charge in [-0.05, 0) is 44.4 Å². The normalized spacial score (nSPS) is 27.7. The molecule has 20 heavy (non-hydrogen) atoms. The molecule has 0 aromatic carbocycles. The summed E-state index contributed by atoms with van der Waals surface area (Å²) in [7, 11) is -3.43. The van der Waals surface area contributed by atoms with E-state index < -0.39 is 16.2 Å². The van der Waals surface area contributed by atoms with Crippen LogP contribution in [0.3, 0.4) is 0 Å². The third kappa shape index (κ3) is 4.17. The second-order valence-electron chi connectivity index (χ2n) is 5.90. The highest BCUT2D eigenvalue weighted by Crippen LogP contribution is 2.30. The van der Waals surface area contributed by atoms with Gasteiger partial charge in [0, 0.05) is 19.1 Å². The number of carbonyl (C=O) groups is 1. The molecular formula is C13H24N2O4S. The molecule has 0 aromatic heterocycles. The van der Waals surface area contributed by atoms with Crippen LogP contribution in [-0.4, -0.2) is 42.9 Å². The van der Waals surface area contributed by atoms with Crippen LogP contribution in [0.5, 0.6) is 0 Å². The Kier molecular flexibility index (Phi) is 5.04. The maximum atomic E-state index is 12.3. The van der Waals surface area contributed by atoms with Crippen molar-refractivity contribution in [1.29, 1.82) is 0 Å². The fourth-order valence-corrected chi connectivity index (χ4v) is 4.28. The van der Waals surface area contributed by atoms with E-state index in [-0.39, 0.29) is 12.0 Å². The van der Waals surface area contributed by atoms with Gasteiger partial charge in [0.2, 0.25) is 0 Å². The summed E-state index contributed by atoms with van der Waals surface area (Å²) in [5, 5.41) is 8.94. The zero-order chi connectivity index (χ0) is 14.8. The van der Waals surface area contributed by atoms with E-state index in [2.05, 4.69) is 4.72 Å². The lowest BCUT2D eigenvalue weighted by molar-refractivity contribution is -0.142. The highest BCUT2D eigenvalue weighted by Gasteiger charge is 2.33. The molecule has 0 atom stereocenters. The van der Waals surface area contributed by atoms with Gasteiger partial charge in [0.15, 0.2) is 0 Å². The van der Waals surface area contributed by atoms with Crippen molar-refractivity contribution in [1.82, 2.24) is 9.03 Å². The Morgan fingerprint density at radius 3 is 2.25 bits per heavy atom. The number of hydrogen-bond acceptors (Lipinski definition) is 3. The molecule has 2 aliphatic carbocycles. The largest absolute Gasteiger partial charge is 0.481 e. The highest BCUT2D eigenvalue weighted by molar-refractivity contribution is 7.87. The Hall–Kier alpha value is -0.660. The third-order valence-electron chi connectivity index (χ3n) is 4.24. The van der Waals surface area contributed by atoms with Gasteiger partial charge < -0.3 is 5.11 Å². The lowest BCUT2D eigenvalue weighted by Gasteiger charge is -2.29. The first-order valence-corrected chi connectivity index (χ1v) is 8.86. The first-order valence-electron chi connectivity index (χ1n) is 7.42. The molecule has 0 aliphatic heterocycles. The zero-order valence-corrected chi connectivity index (χ0v) is 12.7. The number of carboxylic acids is 1. The number of aliphatic carboxylic acids is 1. The van der Waals surface area contributed by atoms with Crippen molar-refractivity contribution in [3.63, 3.8) is 0 Å². The number of nitrogens with zero attached hydrogens (tertiary/aromatic N) is 1. The number of carboxylic acid groups (broad SMARTS) is 1. The number of nitrogens with one attached hydrogen (secondary N) is 1. The first-order chi connectivity index (χ1) is 9.42. The Morgan fingerprint density at radius 2 is 1.80 bits per heavy atom. The van der Waals surface area contributed by atoms with Gasteiger partial charge in [0.05, 0.1) is 5.92 Å². The van der Waals surface area contributed by atoms with Crippen molar-refractivity contribution < 1.29 is 18.3 Å². The molecule has 0 bridgehead atoms. The molecule has 2 N–H and O–H groups in total. The third-order valence-corrected chi connectivity index (χ3v) is 5.96. The summed E-state index contributed by atoms with van der Waals surface area (Å²) in [6.07, 6.45) is 4.56. The number of rotatable bonds is 7.